The van der Waals surface area contributed by atoms with E-state index in [0.717, 1.165) is 36.8 Å². The van der Waals surface area contributed by atoms with Crippen molar-refractivity contribution in [1.82, 2.24) is 5.48 Å². The molecule has 0 radical (unpaired) electrons. The van der Waals surface area contributed by atoms with Gasteiger partial charge in [-0.05, 0) is 61.1 Å². The number of hydroxylamine groups is 1. The Labute approximate surface area is 157 Å². The predicted octanol–water partition coefficient (Wildman–Crippen LogP) is 2.77. The smallest absolute Gasteiger partial charge is 0.356 e. The molecule has 0 amide bonds. The normalized spacial score (nSPS) is 18.4. The van der Waals surface area contributed by atoms with Crippen LogP contribution in [-0.2, 0) is 20.7 Å². The van der Waals surface area contributed by atoms with Crippen LogP contribution in [0.4, 0.5) is 0 Å². The van der Waals surface area contributed by atoms with Crippen LogP contribution in [-0.4, -0.2) is 19.0 Å². The lowest BCUT2D eigenvalue weighted by Gasteiger charge is -2.18. The maximum Gasteiger partial charge on any atom is 0.356 e. The van der Waals surface area contributed by atoms with Crippen molar-refractivity contribution in [3.8, 4) is 0 Å². The Hall–Kier alpha value is -2.70. The van der Waals surface area contributed by atoms with Crippen molar-refractivity contribution in [2.24, 2.45) is 5.73 Å². The molecule has 0 saturated heterocycles. The minimum Gasteiger partial charge on any atom is -0.465 e. The van der Waals surface area contributed by atoms with Gasteiger partial charge in [-0.1, -0.05) is 24.3 Å². The van der Waals surface area contributed by atoms with Gasteiger partial charge in [0.25, 0.3) is 0 Å². The zero-order chi connectivity index (χ0) is 19.1. The number of nitrogens with one attached hydrogen (secondary N) is 1. The van der Waals surface area contributed by atoms with Crippen LogP contribution in [0.25, 0.3) is 0 Å². The molecule has 3 N–H and O–H groups in total. The van der Waals surface area contributed by atoms with Crippen LogP contribution in [0.15, 0.2) is 48.5 Å². The van der Waals surface area contributed by atoms with Gasteiger partial charge in [0.2, 0.25) is 0 Å². The quantitative estimate of drug-likeness (QED) is 0.603. The van der Waals surface area contributed by atoms with Gasteiger partial charge >= 0.3 is 11.9 Å². The van der Waals surface area contributed by atoms with Crippen molar-refractivity contribution >= 4 is 11.9 Å². The lowest BCUT2D eigenvalue weighted by atomic mass is 10.0. The minimum absolute atomic E-state index is 0.296. The average Bonchev–Trinajstić information content (AvgIpc) is 3.63. The Morgan fingerprint density at radius 1 is 0.926 bits per heavy atom. The van der Waals surface area contributed by atoms with Gasteiger partial charge in [0.1, 0.15) is 0 Å². The molecule has 140 valence electrons. The second kappa shape index (κ2) is 6.48. The largest absolute Gasteiger partial charge is 0.465 e. The molecule has 0 heterocycles. The van der Waals surface area contributed by atoms with Gasteiger partial charge in [-0.3, -0.25) is 0 Å². The summed E-state index contributed by atoms with van der Waals surface area (Å²) in [5.41, 5.74) is 11.2. The second-order valence-corrected chi connectivity index (χ2v) is 7.38. The van der Waals surface area contributed by atoms with E-state index in [4.69, 9.17) is 15.3 Å². The number of benzene rings is 2. The van der Waals surface area contributed by atoms with Crippen LogP contribution in [0.2, 0.25) is 0 Å². The Balaban J connectivity index is 1.46. The molecular formula is C21H22N2O4. The van der Waals surface area contributed by atoms with Crippen LogP contribution >= 0.6 is 0 Å². The molecule has 2 aromatic carbocycles. The molecule has 2 aliphatic rings. The summed E-state index contributed by atoms with van der Waals surface area (Å²) in [5.74, 6) is -0.839. The standard InChI is InChI=1S/C21H22N2O4/c1-26-18(24)14-4-3-7-17(13-14)21(10-11-21)23-27-19(25)15-5-2-6-16(12-15)20(22)8-9-20/h2-7,12-13,23H,8-11,22H2,1H3. The average molecular weight is 366 g/mol. The number of methoxy groups -OCH3 is 1. The maximum atomic E-state index is 12.5. The molecule has 0 unspecified atom stereocenters. The third-order valence-electron chi connectivity index (χ3n) is 5.39. The first kappa shape index (κ1) is 17.7. The highest BCUT2D eigenvalue weighted by molar-refractivity contribution is 5.90. The lowest BCUT2D eigenvalue weighted by molar-refractivity contribution is 0.0111. The molecule has 2 aromatic rings. The Kier molecular flexibility index (Phi) is 4.25. The van der Waals surface area contributed by atoms with E-state index in [0.29, 0.717) is 11.1 Å². The van der Waals surface area contributed by atoms with E-state index in [2.05, 4.69) is 5.48 Å². The molecule has 0 atom stereocenters. The molecule has 2 aliphatic carbocycles. The highest BCUT2D eigenvalue weighted by Gasteiger charge is 2.46. The van der Waals surface area contributed by atoms with E-state index < -0.39 is 17.5 Å². The maximum absolute atomic E-state index is 12.5. The summed E-state index contributed by atoms with van der Waals surface area (Å²) in [5, 5.41) is 0. The summed E-state index contributed by atoms with van der Waals surface area (Å²) in [6.07, 6.45) is 3.50. The van der Waals surface area contributed by atoms with Crippen molar-refractivity contribution in [1.29, 1.82) is 0 Å². The SMILES string of the molecule is COC(=O)c1cccc(C2(NOC(=O)c3cccc(C4(N)CC4)c3)CC2)c1. The number of carbonyl (C=O) groups excluding carboxylic acids is 2. The lowest BCUT2D eigenvalue weighted by Crippen LogP contribution is -2.32. The zero-order valence-corrected chi connectivity index (χ0v) is 15.2. The number of nitrogens with two attached hydrogens (primary N) is 1. The number of hydrogen-bond acceptors (Lipinski definition) is 6. The third-order valence-corrected chi connectivity index (χ3v) is 5.39. The van der Waals surface area contributed by atoms with E-state index in [1.807, 2.05) is 18.2 Å². The number of esters is 1. The number of rotatable bonds is 6. The summed E-state index contributed by atoms with van der Waals surface area (Å²) in [7, 11) is 1.35. The first-order valence-electron chi connectivity index (χ1n) is 9.02. The van der Waals surface area contributed by atoms with E-state index >= 15 is 0 Å². The molecule has 2 saturated carbocycles. The summed E-state index contributed by atoms with van der Waals surface area (Å²) in [6.45, 7) is 0. The zero-order valence-electron chi connectivity index (χ0n) is 15.2. The molecular weight excluding hydrogens is 344 g/mol. The Morgan fingerprint density at radius 3 is 2.11 bits per heavy atom. The van der Waals surface area contributed by atoms with Crippen LogP contribution in [0.5, 0.6) is 0 Å². The molecule has 0 aliphatic heterocycles. The van der Waals surface area contributed by atoms with Crippen molar-refractivity contribution in [3.05, 3.63) is 70.8 Å². The molecule has 0 bridgehead atoms. The van der Waals surface area contributed by atoms with Gasteiger partial charge in [0, 0.05) is 5.54 Å². The van der Waals surface area contributed by atoms with Crippen LogP contribution < -0.4 is 11.2 Å². The fourth-order valence-electron chi connectivity index (χ4n) is 3.22. The monoisotopic (exact) mass is 366 g/mol. The van der Waals surface area contributed by atoms with Gasteiger partial charge in [0.05, 0.1) is 23.8 Å². The fraction of sp³-hybridized carbons (Fsp3) is 0.333. The second-order valence-electron chi connectivity index (χ2n) is 7.38. The number of carbonyl (C=O) groups is 2. The summed E-state index contributed by atoms with van der Waals surface area (Å²) >= 11 is 0. The van der Waals surface area contributed by atoms with E-state index in [-0.39, 0.29) is 5.54 Å². The van der Waals surface area contributed by atoms with E-state index in [1.54, 1.807) is 30.3 Å². The van der Waals surface area contributed by atoms with Gasteiger partial charge in [-0.2, -0.15) is 0 Å². The summed E-state index contributed by atoms with van der Waals surface area (Å²) in [6, 6.07) is 14.5. The van der Waals surface area contributed by atoms with Crippen LogP contribution in [0, 0.1) is 0 Å². The van der Waals surface area contributed by atoms with Gasteiger partial charge in [-0.15, -0.1) is 5.48 Å². The van der Waals surface area contributed by atoms with Crippen molar-refractivity contribution in [2.45, 2.75) is 36.8 Å². The Bertz CT molecular complexity index is 901. The third kappa shape index (κ3) is 3.46. The summed E-state index contributed by atoms with van der Waals surface area (Å²) < 4.78 is 4.77. The fourth-order valence-corrected chi connectivity index (χ4v) is 3.22. The van der Waals surface area contributed by atoms with E-state index in [9.17, 15) is 9.59 Å². The van der Waals surface area contributed by atoms with Gasteiger partial charge in [0.15, 0.2) is 0 Å². The first-order valence-corrected chi connectivity index (χ1v) is 9.02. The number of ether oxygens (including phenoxy) is 1. The molecule has 4 rings (SSSR count). The molecule has 27 heavy (non-hydrogen) atoms. The van der Waals surface area contributed by atoms with Gasteiger partial charge in [-0.25, -0.2) is 9.59 Å². The minimum atomic E-state index is -0.455. The molecule has 0 spiro atoms. The predicted molar refractivity (Wildman–Crippen MR) is 98.8 cm³/mol. The highest BCUT2D eigenvalue weighted by atomic mass is 16.7. The molecule has 0 aromatic heterocycles. The highest BCUT2D eigenvalue weighted by Crippen LogP contribution is 2.46. The van der Waals surface area contributed by atoms with Gasteiger partial charge < -0.3 is 15.3 Å². The first-order chi connectivity index (χ1) is 13.0. The molecule has 6 heteroatoms. The topological polar surface area (TPSA) is 90.6 Å². The molecule has 6 nitrogen and oxygen atoms in total. The van der Waals surface area contributed by atoms with E-state index in [1.165, 1.54) is 7.11 Å². The van der Waals surface area contributed by atoms with Crippen molar-refractivity contribution in [2.75, 3.05) is 7.11 Å². The Morgan fingerprint density at radius 2 is 1.52 bits per heavy atom. The van der Waals surface area contributed by atoms with Crippen molar-refractivity contribution in [3.63, 3.8) is 0 Å². The number of hydrogen-bond donors (Lipinski definition) is 2. The van der Waals surface area contributed by atoms with Crippen LogP contribution in [0.3, 0.4) is 0 Å². The summed E-state index contributed by atoms with van der Waals surface area (Å²) in [4.78, 5) is 29.6. The molecule has 2 fully saturated rings. The van der Waals surface area contributed by atoms with Crippen LogP contribution in [0.1, 0.15) is 57.5 Å². The van der Waals surface area contributed by atoms with Crippen molar-refractivity contribution < 1.29 is 19.2 Å².